The molecule has 4 aliphatic rings. The van der Waals surface area contributed by atoms with Gasteiger partial charge in [0.25, 0.3) is 0 Å². The number of rotatable bonds is 1. The maximum Gasteiger partial charge on any atom is 0.165 e. The Morgan fingerprint density at radius 1 is 1.38 bits per heavy atom. The average molecular weight is 287 g/mol. The first-order valence-electron chi connectivity index (χ1n) is 8.03. The number of hydrogen-bond donors (Lipinski definition) is 2. The van der Waals surface area contributed by atoms with Crippen molar-refractivity contribution in [3.63, 3.8) is 0 Å². The SMILES string of the molecule is COc1ccc2c3c1O[C@H]1CCC[C@@]4(O)[C@@H](C2)NCC[C@]314. The van der Waals surface area contributed by atoms with Crippen molar-refractivity contribution in [2.75, 3.05) is 13.7 Å². The van der Waals surface area contributed by atoms with Gasteiger partial charge in [0, 0.05) is 11.6 Å². The smallest absolute Gasteiger partial charge is 0.165 e. The van der Waals surface area contributed by atoms with E-state index in [-0.39, 0.29) is 17.6 Å². The Kier molecular flexibility index (Phi) is 2.19. The van der Waals surface area contributed by atoms with Crippen molar-refractivity contribution < 1.29 is 14.6 Å². The monoisotopic (exact) mass is 287 g/mol. The molecule has 2 bridgehead atoms. The zero-order valence-electron chi connectivity index (χ0n) is 12.3. The maximum atomic E-state index is 11.6. The van der Waals surface area contributed by atoms with Crippen molar-refractivity contribution in [1.82, 2.24) is 5.32 Å². The van der Waals surface area contributed by atoms with E-state index in [1.54, 1.807) is 7.11 Å². The van der Waals surface area contributed by atoms with Crippen LogP contribution in [0.2, 0.25) is 0 Å². The molecule has 2 heterocycles. The molecule has 0 aromatic heterocycles. The summed E-state index contributed by atoms with van der Waals surface area (Å²) < 4.78 is 11.9. The van der Waals surface area contributed by atoms with E-state index in [9.17, 15) is 5.11 Å². The molecule has 0 amide bonds. The summed E-state index contributed by atoms with van der Waals surface area (Å²) in [7, 11) is 1.70. The number of aliphatic hydroxyl groups is 1. The van der Waals surface area contributed by atoms with Crippen LogP contribution in [0.1, 0.15) is 36.8 Å². The molecule has 4 heteroatoms. The van der Waals surface area contributed by atoms with Gasteiger partial charge in [0.15, 0.2) is 11.5 Å². The van der Waals surface area contributed by atoms with E-state index in [1.165, 1.54) is 11.1 Å². The summed E-state index contributed by atoms with van der Waals surface area (Å²) in [5.41, 5.74) is 1.70. The summed E-state index contributed by atoms with van der Waals surface area (Å²) in [5, 5.41) is 15.2. The summed E-state index contributed by atoms with van der Waals surface area (Å²) in [6.07, 6.45) is 4.89. The van der Waals surface area contributed by atoms with Gasteiger partial charge in [-0.05, 0) is 50.3 Å². The van der Waals surface area contributed by atoms with Gasteiger partial charge in [0.2, 0.25) is 0 Å². The quantitative estimate of drug-likeness (QED) is 0.822. The number of hydrogen-bond acceptors (Lipinski definition) is 4. The zero-order valence-corrected chi connectivity index (χ0v) is 12.3. The van der Waals surface area contributed by atoms with E-state index < -0.39 is 5.60 Å². The molecule has 0 radical (unpaired) electrons. The highest BCUT2D eigenvalue weighted by Gasteiger charge is 2.69. The predicted octanol–water partition coefficient (Wildman–Crippen LogP) is 1.53. The summed E-state index contributed by atoms with van der Waals surface area (Å²) in [5.74, 6) is 1.72. The summed E-state index contributed by atoms with van der Waals surface area (Å²) >= 11 is 0. The highest BCUT2D eigenvalue weighted by atomic mass is 16.5. The van der Waals surface area contributed by atoms with Gasteiger partial charge in [-0.25, -0.2) is 0 Å². The number of piperidine rings is 1. The van der Waals surface area contributed by atoms with Gasteiger partial charge in [0.05, 0.1) is 18.1 Å². The normalized spacial score (nSPS) is 42.2. The lowest BCUT2D eigenvalue weighted by Crippen LogP contribution is -2.74. The van der Waals surface area contributed by atoms with Crippen molar-refractivity contribution in [3.8, 4) is 11.5 Å². The fourth-order valence-corrected chi connectivity index (χ4v) is 5.59. The Balaban J connectivity index is 1.85. The Bertz CT molecular complexity index is 631. The molecule has 1 saturated carbocycles. The fraction of sp³-hybridized carbons (Fsp3) is 0.647. The third-order valence-electron chi connectivity index (χ3n) is 6.39. The number of nitrogens with one attached hydrogen (secondary N) is 1. The number of methoxy groups -OCH3 is 1. The van der Waals surface area contributed by atoms with Crippen molar-refractivity contribution in [2.45, 2.75) is 55.3 Å². The lowest BCUT2D eigenvalue weighted by atomic mass is 9.49. The molecule has 5 rings (SSSR count). The van der Waals surface area contributed by atoms with Crippen LogP contribution in [0.15, 0.2) is 12.1 Å². The van der Waals surface area contributed by atoms with Crippen LogP contribution in [0.3, 0.4) is 0 Å². The minimum absolute atomic E-state index is 0.103. The van der Waals surface area contributed by atoms with Gasteiger partial charge in [-0.3, -0.25) is 0 Å². The Hall–Kier alpha value is -1.26. The Morgan fingerprint density at radius 2 is 2.29 bits per heavy atom. The first-order chi connectivity index (χ1) is 10.2. The minimum atomic E-state index is -0.668. The average Bonchev–Trinajstić information content (AvgIpc) is 2.80. The van der Waals surface area contributed by atoms with Crippen molar-refractivity contribution in [1.29, 1.82) is 0 Å². The van der Waals surface area contributed by atoms with Crippen LogP contribution in [0, 0.1) is 0 Å². The van der Waals surface area contributed by atoms with Crippen LogP contribution in [0.4, 0.5) is 0 Å². The van der Waals surface area contributed by atoms with Crippen molar-refractivity contribution in [2.24, 2.45) is 0 Å². The van der Waals surface area contributed by atoms with E-state index in [0.29, 0.717) is 0 Å². The molecule has 2 aliphatic carbocycles. The van der Waals surface area contributed by atoms with Crippen LogP contribution in [0.25, 0.3) is 0 Å². The highest BCUT2D eigenvalue weighted by Crippen LogP contribution is 2.64. The first kappa shape index (κ1) is 12.3. The molecule has 112 valence electrons. The van der Waals surface area contributed by atoms with Gasteiger partial charge in [0.1, 0.15) is 6.10 Å². The molecule has 1 saturated heterocycles. The number of benzene rings is 1. The van der Waals surface area contributed by atoms with Gasteiger partial charge in [-0.1, -0.05) is 6.07 Å². The second-order valence-electron chi connectivity index (χ2n) is 6.99. The van der Waals surface area contributed by atoms with E-state index in [2.05, 4.69) is 11.4 Å². The molecule has 21 heavy (non-hydrogen) atoms. The molecule has 1 aromatic carbocycles. The van der Waals surface area contributed by atoms with Gasteiger partial charge < -0.3 is 19.9 Å². The molecule has 2 N–H and O–H groups in total. The minimum Gasteiger partial charge on any atom is -0.493 e. The summed E-state index contributed by atoms with van der Waals surface area (Å²) in [6, 6.07) is 4.34. The molecule has 2 aliphatic heterocycles. The second kappa shape index (κ2) is 3.73. The lowest BCUT2D eigenvalue weighted by Gasteiger charge is -2.60. The Labute approximate surface area is 124 Å². The highest BCUT2D eigenvalue weighted by molar-refractivity contribution is 5.62. The molecule has 1 spiro atoms. The molecule has 4 atom stereocenters. The van der Waals surface area contributed by atoms with Crippen molar-refractivity contribution >= 4 is 0 Å². The fourth-order valence-electron chi connectivity index (χ4n) is 5.59. The van der Waals surface area contributed by atoms with Gasteiger partial charge in [-0.15, -0.1) is 0 Å². The zero-order chi connectivity index (χ0) is 14.2. The predicted molar refractivity (Wildman–Crippen MR) is 78.0 cm³/mol. The first-order valence-corrected chi connectivity index (χ1v) is 8.03. The lowest BCUT2D eigenvalue weighted by molar-refractivity contribution is -0.149. The van der Waals surface area contributed by atoms with E-state index in [0.717, 1.165) is 50.1 Å². The van der Waals surface area contributed by atoms with Crippen LogP contribution in [-0.4, -0.2) is 36.5 Å². The van der Waals surface area contributed by atoms with E-state index in [1.807, 2.05) is 6.07 Å². The maximum absolute atomic E-state index is 11.6. The molecular weight excluding hydrogens is 266 g/mol. The van der Waals surface area contributed by atoms with E-state index >= 15 is 0 Å². The van der Waals surface area contributed by atoms with E-state index in [4.69, 9.17) is 9.47 Å². The molecule has 4 nitrogen and oxygen atoms in total. The largest absolute Gasteiger partial charge is 0.493 e. The molecule has 0 unspecified atom stereocenters. The van der Waals surface area contributed by atoms with Crippen LogP contribution >= 0.6 is 0 Å². The topological polar surface area (TPSA) is 50.7 Å². The third kappa shape index (κ3) is 1.18. The van der Waals surface area contributed by atoms with Crippen LogP contribution in [-0.2, 0) is 11.8 Å². The summed E-state index contributed by atoms with van der Waals surface area (Å²) in [6.45, 7) is 0.961. The van der Waals surface area contributed by atoms with Gasteiger partial charge in [-0.2, -0.15) is 0 Å². The standard InChI is InChI=1S/C17H21NO3/c1-20-11-5-4-10-9-12-17(19)6-2-3-13-16(17,7-8-18-12)14(10)15(11)21-13/h4-5,12-13,18-19H,2-3,6-9H2,1H3/t12-,13+,16-,17-/m1/s1. The third-order valence-corrected chi connectivity index (χ3v) is 6.39. The van der Waals surface area contributed by atoms with Crippen LogP contribution < -0.4 is 14.8 Å². The van der Waals surface area contributed by atoms with Crippen molar-refractivity contribution in [3.05, 3.63) is 23.3 Å². The summed E-state index contributed by atoms with van der Waals surface area (Å²) in [4.78, 5) is 0. The Morgan fingerprint density at radius 3 is 3.14 bits per heavy atom. The van der Waals surface area contributed by atoms with Gasteiger partial charge >= 0.3 is 0 Å². The molecular formula is C17H21NO3. The molecule has 2 fully saturated rings. The number of ether oxygens (including phenoxy) is 2. The molecule has 1 aromatic rings. The second-order valence-corrected chi connectivity index (χ2v) is 6.99. The van der Waals surface area contributed by atoms with Crippen LogP contribution in [0.5, 0.6) is 11.5 Å².